The van der Waals surface area contributed by atoms with Gasteiger partial charge in [0.2, 0.25) is 0 Å². The standard InChI is InChI=1S/C23H26F5N3O2/c1-30-9-7-18(8-10-30)31(14-16-3-5-17(24)11-21(16)25)22(32)29-13-15-4-6-19(33-2)12-20(15)23(26,27)28/h3-6,11-12,18H,7-10,13-14H2,1-2H3,(H,29,32). The van der Waals surface area contributed by atoms with Gasteiger partial charge in [0.25, 0.3) is 0 Å². The molecule has 2 amide bonds. The first kappa shape index (κ1) is 24.8. The molecule has 1 aliphatic heterocycles. The Kier molecular flexibility index (Phi) is 7.78. The minimum Gasteiger partial charge on any atom is -0.497 e. The van der Waals surface area contributed by atoms with Crippen LogP contribution in [0.3, 0.4) is 0 Å². The number of piperidine rings is 1. The summed E-state index contributed by atoms with van der Waals surface area (Å²) in [5.41, 5.74) is -0.892. The third kappa shape index (κ3) is 6.34. The van der Waals surface area contributed by atoms with Crippen molar-refractivity contribution in [2.45, 2.75) is 38.1 Å². The van der Waals surface area contributed by atoms with E-state index >= 15 is 0 Å². The average molecular weight is 471 g/mol. The number of nitrogens with one attached hydrogen (secondary N) is 1. The van der Waals surface area contributed by atoms with Crippen molar-refractivity contribution in [2.24, 2.45) is 0 Å². The Labute approximate surface area is 189 Å². The highest BCUT2D eigenvalue weighted by atomic mass is 19.4. The van der Waals surface area contributed by atoms with Crippen LogP contribution >= 0.6 is 0 Å². The van der Waals surface area contributed by atoms with Gasteiger partial charge in [-0.05, 0) is 56.7 Å². The summed E-state index contributed by atoms with van der Waals surface area (Å²) in [7, 11) is 3.22. The van der Waals surface area contributed by atoms with Gasteiger partial charge in [0.15, 0.2) is 0 Å². The van der Waals surface area contributed by atoms with Gasteiger partial charge in [0.1, 0.15) is 17.4 Å². The molecule has 0 atom stereocenters. The van der Waals surface area contributed by atoms with Gasteiger partial charge in [-0.15, -0.1) is 0 Å². The number of rotatable bonds is 6. The van der Waals surface area contributed by atoms with Crippen molar-refractivity contribution in [2.75, 3.05) is 27.2 Å². The summed E-state index contributed by atoms with van der Waals surface area (Å²) in [5.74, 6) is -1.46. The maximum Gasteiger partial charge on any atom is 0.416 e. The van der Waals surface area contributed by atoms with Crippen LogP contribution in [-0.4, -0.2) is 49.1 Å². The van der Waals surface area contributed by atoms with Crippen LogP contribution < -0.4 is 10.1 Å². The second-order valence-corrected chi connectivity index (χ2v) is 8.08. The quantitative estimate of drug-likeness (QED) is 0.616. The fourth-order valence-corrected chi connectivity index (χ4v) is 3.88. The first-order chi connectivity index (χ1) is 15.6. The van der Waals surface area contributed by atoms with Crippen LogP contribution in [-0.2, 0) is 19.3 Å². The topological polar surface area (TPSA) is 44.8 Å². The summed E-state index contributed by atoms with van der Waals surface area (Å²) < 4.78 is 72.9. The second-order valence-electron chi connectivity index (χ2n) is 8.08. The molecule has 1 saturated heterocycles. The number of methoxy groups -OCH3 is 1. The van der Waals surface area contributed by atoms with Crippen LogP contribution in [0.5, 0.6) is 5.75 Å². The summed E-state index contributed by atoms with van der Waals surface area (Å²) in [6.07, 6.45) is -3.37. The summed E-state index contributed by atoms with van der Waals surface area (Å²) in [6.45, 7) is 0.946. The number of carbonyl (C=O) groups is 1. The first-order valence-corrected chi connectivity index (χ1v) is 10.5. The lowest BCUT2D eigenvalue weighted by atomic mass is 10.0. The third-order valence-corrected chi connectivity index (χ3v) is 5.80. The molecule has 1 aliphatic rings. The van der Waals surface area contributed by atoms with Crippen molar-refractivity contribution in [3.63, 3.8) is 0 Å². The molecule has 33 heavy (non-hydrogen) atoms. The van der Waals surface area contributed by atoms with Crippen LogP contribution in [0.1, 0.15) is 29.5 Å². The van der Waals surface area contributed by atoms with E-state index < -0.39 is 29.4 Å². The van der Waals surface area contributed by atoms with E-state index in [4.69, 9.17) is 4.74 Å². The van der Waals surface area contributed by atoms with E-state index in [-0.39, 0.29) is 36.0 Å². The zero-order valence-corrected chi connectivity index (χ0v) is 18.4. The Morgan fingerprint density at radius 2 is 1.79 bits per heavy atom. The molecule has 180 valence electrons. The highest BCUT2D eigenvalue weighted by molar-refractivity contribution is 5.74. The van der Waals surface area contributed by atoms with E-state index in [1.54, 1.807) is 0 Å². The van der Waals surface area contributed by atoms with Crippen molar-refractivity contribution in [3.05, 3.63) is 64.7 Å². The number of alkyl halides is 3. The van der Waals surface area contributed by atoms with E-state index in [0.29, 0.717) is 12.8 Å². The van der Waals surface area contributed by atoms with Crippen molar-refractivity contribution < 1.29 is 31.5 Å². The smallest absolute Gasteiger partial charge is 0.416 e. The summed E-state index contributed by atoms with van der Waals surface area (Å²) in [4.78, 5) is 16.6. The van der Waals surface area contributed by atoms with Crippen LogP contribution in [0.4, 0.5) is 26.7 Å². The maximum atomic E-state index is 14.3. The van der Waals surface area contributed by atoms with Gasteiger partial charge in [-0.2, -0.15) is 13.2 Å². The number of carbonyl (C=O) groups excluding carboxylic acids is 1. The molecule has 0 spiro atoms. The number of urea groups is 1. The Balaban J connectivity index is 1.80. The molecule has 1 heterocycles. The highest BCUT2D eigenvalue weighted by Gasteiger charge is 2.34. The van der Waals surface area contributed by atoms with E-state index in [1.165, 1.54) is 30.2 Å². The van der Waals surface area contributed by atoms with Gasteiger partial charge in [-0.1, -0.05) is 12.1 Å². The number of benzene rings is 2. The molecule has 0 aliphatic carbocycles. The van der Waals surface area contributed by atoms with E-state index in [0.717, 1.165) is 31.3 Å². The lowest BCUT2D eigenvalue weighted by molar-refractivity contribution is -0.138. The van der Waals surface area contributed by atoms with Gasteiger partial charge in [-0.3, -0.25) is 0 Å². The van der Waals surface area contributed by atoms with E-state index in [9.17, 15) is 26.7 Å². The number of halogens is 5. The number of likely N-dealkylation sites (tertiary alicyclic amines) is 1. The lowest BCUT2D eigenvalue weighted by Gasteiger charge is -2.37. The summed E-state index contributed by atoms with van der Waals surface area (Å²) in [6, 6.07) is 5.79. The van der Waals surface area contributed by atoms with Crippen molar-refractivity contribution >= 4 is 6.03 Å². The molecule has 3 rings (SSSR count). The zero-order valence-electron chi connectivity index (χ0n) is 18.4. The molecule has 0 aromatic heterocycles. The van der Waals surface area contributed by atoms with Gasteiger partial charge >= 0.3 is 12.2 Å². The Morgan fingerprint density at radius 3 is 2.39 bits per heavy atom. The number of nitrogens with zero attached hydrogens (tertiary/aromatic N) is 2. The molecule has 2 aromatic rings. The molecule has 5 nitrogen and oxygen atoms in total. The minimum atomic E-state index is -4.63. The SMILES string of the molecule is COc1ccc(CNC(=O)N(Cc2ccc(F)cc2F)C2CCN(C)CC2)c(C(F)(F)F)c1. The second kappa shape index (κ2) is 10.4. The first-order valence-electron chi connectivity index (χ1n) is 10.5. The molecule has 1 fully saturated rings. The lowest BCUT2D eigenvalue weighted by Crippen LogP contribution is -2.49. The van der Waals surface area contributed by atoms with Crippen LogP contribution in [0.25, 0.3) is 0 Å². The predicted molar refractivity (Wildman–Crippen MR) is 113 cm³/mol. The predicted octanol–water partition coefficient (Wildman–Crippen LogP) is 4.80. The van der Waals surface area contributed by atoms with Crippen molar-refractivity contribution in [1.82, 2.24) is 15.1 Å². The largest absolute Gasteiger partial charge is 0.497 e. The van der Waals surface area contributed by atoms with E-state index in [2.05, 4.69) is 10.2 Å². The van der Waals surface area contributed by atoms with Gasteiger partial charge in [0.05, 0.1) is 19.2 Å². The number of hydrogen-bond donors (Lipinski definition) is 1. The molecule has 0 unspecified atom stereocenters. The molecule has 2 aromatic carbocycles. The van der Waals surface area contributed by atoms with Gasteiger partial charge < -0.3 is 19.9 Å². The third-order valence-electron chi connectivity index (χ3n) is 5.80. The monoisotopic (exact) mass is 471 g/mol. The van der Waals surface area contributed by atoms with Crippen molar-refractivity contribution in [3.8, 4) is 5.75 Å². The summed E-state index contributed by atoms with van der Waals surface area (Å²) >= 11 is 0. The molecule has 10 heteroatoms. The van der Waals surface area contributed by atoms with Crippen LogP contribution in [0.15, 0.2) is 36.4 Å². The summed E-state index contributed by atoms with van der Waals surface area (Å²) in [5, 5.41) is 2.54. The van der Waals surface area contributed by atoms with Gasteiger partial charge in [0, 0.05) is 24.2 Å². The molecular weight excluding hydrogens is 445 g/mol. The fourth-order valence-electron chi connectivity index (χ4n) is 3.88. The molecule has 0 bridgehead atoms. The highest BCUT2D eigenvalue weighted by Crippen LogP contribution is 2.34. The van der Waals surface area contributed by atoms with Crippen molar-refractivity contribution in [1.29, 1.82) is 0 Å². The Hall–Kier alpha value is -2.88. The average Bonchev–Trinajstić information content (AvgIpc) is 2.77. The fraction of sp³-hybridized carbons (Fsp3) is 0.435. The molecule has 0 radical (unpaired) electrons. The van der Waals surface area contributed by atoms with Crippen LogP contribution in [0, 0.1) is 11.6 Å². The number of ether oxygens (including phenoxy) is 1. The molecular formula is C23H26F5N3O2. The Morgan fingerprint density at radius 1 is 1.12 bits per heavy atom. The zero-order chi connectivity index (χ0) is 24.2. The molecule has 0 saturated carbocycles. The van der Waals surface area contributed by atoms with Crippen LogP contribution in [0.2, 0.25) is 0 Å². The Bertz CT molecular complexity index is 975. The normalized spacial score (nSPS) is 15.4. The van der Waals surface area contributed by atoms with E-state index in [1.807, 2.05) is 7.05 Å². The number of amides is 2. The maximum absolute atomic E-state index is 14.3. The molecule has 1 N–H and O–H groups in total. The number of hydrogen-bond acceptors (Lipinski definition) is 3. The van der Waals surface area contributed by atoms with Gasteiger partial charge in [-0.25, -0.2) is 13.6 Å². The minimum absolute atomic E-state index is 0.0529.